The molecule has 0 radical (unpaired) electrons. The maximum Gasteiger partial charge on any atom is 0.290 e. The van der Waals surface area contributed by atoms with Crippen LogP contribution in [-0.2, 0) is 19.1 Å². The Morgan fingerprint density at radius 2 is 1.91 bits per heavy atom. The van der Waals surface area contributed by atoms with Crippen LogP contribution in [0.15, 0.2) is 29.5 Å². The molecule has 1 aromatic rings. The predicted molar refractivity (Wildman–Crippen MR) is 116 cm³/mol. The Labute approximate surface area is 188 Å². The van der Waals surface area contributed by atoms with E-state index < -0.39 is 6.04 Å². The molecule has 7 nitrogen and oxygen atoms in total. The molecule has 3 heterocycles. The molecule has 1 aliphatic carbocycles. The van der Waals surface area contributed by atoms with Gasteiger partial charge in [-0.2, -0.15) is 0 Å². The smallest absolute Gasteiger partial charge is 0.290 e. The van der Waals surface area contributed by atoms with Crippen LogP contribution in [-0.4, -0.2) is 56.2 Å². The highest BCUT2D eigenvalue weighted by Gasteiger charge is 2.53. The SMILES string of the molecule is COc1ccc(C2C3=C(OC4CCC(C)CC4C3=O)C(=O)N2CC2CCCO2)cc1OC. The zero-order chi connectivity index (χ0) is 22.4. The molecule has 32 heavy (non-hydrogen) atoms. The number of carbonyl (C=O) groups excluding carboxylic acids is 2. The van der Waals surface area contributed by atoms with Crippen LogP contribution < -0.4 is 9.47 Å². The molecule has 1 saturated heterocycles. The summed E-state index contributed by atoms with van der Waals surface area (Å²) in [5.41, 5.74) is 1.31. The van der Waals surface area contributed by atoms with Crippen LogP contribution in [0.1, 0.15) is 50.6 Å². The third kappa shape index (κ3) is 3.47. The topological polar surface area (TPSA) is 74.3 Å². The van der Waals surface area contributed by atoms with E-state index in [-0.39, 0.29) is 35.6 Å². The van der Waals surface area contributed by atoms with Gasteiger partial charge in [0.25, 0.3) is 5.91 Å². The normalized spacial score (nSPS) is 32.0. The van der Waals surface area contributed by atoms with Crippen LogP contribution >= 0.6 is 0 Å². The molecule has 2 fully saturated rings. The van der Waals surface area contributed by atoms with Crippen LogP contribution in [0.25, 0.3) is 0 Å². The Balaban J connectivity index is 1.57. The zero-order valence-corrected chi connectivity index (χ0v) is 19.0. The van der Waals surface area contributed by atoms with Gasteiger partial charge < -0.3 is 23.8 Å². The minimum absolute atomic E-state index is 0.0275. The summed E-state index contributed by atoms with van der Waals surface area (Å²) in [6.45, 7) is 3.33. The standard InChI is InChI=1S/C25H31NO6/c1-14-6-8-18-17(11-14)23(27)21-22(15-7-9-19(29-2)20(12-15)30-3)26(25(28)24(21)32-18)13-16-5-4-10-31-16/h7,9,12,14,16-18,22H,4-6,8,10-11,13H2,1-3H3. The lowest BCUT2D eigenvalue weighted by molar-refractivity contribution is -0.136. The van der Waals surface area contributed by atoms with E-state index in [0.29, 0.717) is 36.1 Å². The second kappa shape index (κ2) is 8.43. The number of benzene rings is 1. The van der Waals surface area contributed by atoms with E-state index in [1.807, 2.05) is 18.2 Å². The summed E-state index contributed by atoms with van der Waals surface area (Å²) >= 11 is 0. The molecular weight excluding hydrogens is 410 g/mol. The molecule has 0 N–H and O–H groups in total. The maximum absolute atomic E-state index is 13.8. The Kier molecular flexibility index (Phi) is 5.61. The highest BCUT2D eigenvalue weighted by Crippen LogP contribution is 2.48. The fraction of sp³-hybridized carbons (Fsp3) is 0.600. The number of amides is 1. The van der Waals surface area contributed by atoms with Gasteiger partial charge in [-0.3, -0.25) is 9.59 Å². The summed E-state index contributed by atoms with van der Waals surface area (Å²) in [6.07, 6.45) is 4.30. The summed E-state index contributed by atoms with van der Waals surface area (Å²) in [7, 11) is 3.17. The number of carbonyl (C=O) groups is 2. The van der Waals surface area contributed by atoms with Crippen LogP contribution in [0.5, 0.6) is 11.5 Å². The summed E-state index contributed by atoms with van der Waals surface area (Å²) in [5, 5.41) is 0. The Hall–Kier alpha value is -2.54. The van der Waals surface area contributed by atoms with E-state index in [0.717, 1.165) is 37.7 Å². The number of Topliss-reactive ketones (excluding diaryl/α,β-unsaturated/α-hetero) is 1. The Bertz CT molecular complexity index is 950. The van der Waals surface area contributed by atoms with Crippen LogP contribution in [0.4, 0.5) is 0 Å². The first-order valence-electron chi connectivity index (χ1n) is 11.6. The molecule has 0 aromatic heterocycles. The lowest BCUT2D eigenvalue weighted by Gasteiger charge is -2.37. The second-order valence-corrected chi connectivity index (χ2v) is 9.40. The fourth-order valence-corrected chi connectivity index (χ4v) is 5.69. The molecule has 1 amide bonds. The van der Waals surface area contributed by atoms with Crippen molar-refractivity contribution in [3.05, 3.63) is 35.1 Å². The highest BCUT2D eigenvalue weighted by atomic mass is 16.5. The van der Waals surface area contributed by atoms with E-state index in [4.69, 9.17) is 18.9 Å². The molecule has 0 bridgehead atoms. The Morgan fingerprint density at radius 3 is 2.62 bits per heavy atom. The summed E-state index contributed by atoms with van der Waals surface area (Å²) in [5.74, 6) is 1.56. The zero-order valence-electron chi connectivity index (χ0n) is 19.0. The van der Waals surface area contributed by atoms with Gasteiger partial charge in [0.05, 0.1) is 37.9 Å². The van der Waals surface area contributed by atoms with Gasteiger partial charge in [-0.1, -0.05) is 13.0 Å². The van der Waals surface area contributed by atoms with Crippen molar-refractivity contribution in [3.63, 3.8) is 0 Å². The molecule has 5 atom stereocenters. The first-order valence-corrected chi connectivity index (χ1v) is 11.6. The third-order valence-electron chi connectivity index (χ3n) is 7.35. The van der Waals surface area contributed by atoms with Crippen LogP contribution in [0.2, 0.25) is 0 Å². The number of hydrogen-bond donors (Lipinski definition) is 0. The lowest BCUT2D eigenvalue weighted by atomic mass is 9.74. The van der Waals surface area contributed by atoms with Gasteiger partial charge in [0.15, 0.2) is 23.0 Å². The third-order valence-corrected chi connectivity index (χ3v) is 7.35. The second-order valence-electron chi connectivity index (χ2n) is 9.40. The average Bonchev–Trinajstić information content (AvgIpc) is 3.41. The molecular formula is C25H31NO6. The molecule has 0 spiro atoms. The number of methoxy groups -OCH3 is 2. The quantitative estimate of drug-likeness (QED) is 0.697. The van der Waals surface area contributed by atoms with E-state index in [1.54, 1.807) is 19.1 Å². The van der Waals surface area contributed by atoms with Crippen molar-refractivity contribution in [1.82, 2.24) is 4.90 Å². The number of hydrogen-bond acceptors (Lipinski definition) is 6. The van der Waals surface area contributed by atoms with Crippen LogP contribution in [0, 0.1) is 11.8 Å². The number of ether oxygens (including phenoxy) is 4. The van der Waals surface area contributed by atoms with E-state index in [9.17, 15) is 9.59 Å². The molecule has 4 aliphatic rings. The first kappa shape index (κ1) is 21.3. The number of rotatable bonds is 5. The first-order chi connectivity index (χ1) is 15.5. The number of ketones is 1. The van der Waals surface area contributed by atoms with E-state index >= 15 is 0 Å². The molecule has 5 unspecified atom stereocenters. The largest absolute Gasteiger partial charge is 0.493 e. The van der Waals surface area contributed by atoms with Crippen molar-refractivity contribution < 1.29 is 28.5 Å². The van der Waals surface area contributed by atoms with Crippen molar-refractivity contribution in [1.29, 1.82) is 0 Å². The molecule has 5 rings (SSSR count). The van der Waals surface area contributed by atoms with Crippen molar-refractivity contribution >= 4 is 11.7 Å². The van der Waals surface area contributed by atoms with Crippen molar-refractivity contribution in [2.45, 2.75) is 57.3 Å². The summed E-state index contributed by atoms with van der Waals surface area (Å²) in [6, 6.07) is 5.08. The van der Waals surface area contributed by atoms with Gasteiger partial charge in [0.2, 0.25) is 0 Å². The van der Waals surface area contributed by atoms with Gasteiger partial charge in [-0.25, -0.2) is 0 Å². The molecule has 1 aromatic carbocycles. The van der Waals surface area contributed by atoms with Crippen molar-refractivity contribution in [2.24, 2.45) is 11.8 Å². The van der Waals surface area contributed by atoms with Gasteiger partial charge >= 0.3 is 0 Å². The minimum Gasteiger partial charge on any atom is -0.493 e. The van der Waals surface area contributed by atoms with Gasteiger partial charge in [0, 0.05) is 13.2 Å². The molecule has 172 valence electrons. The van der Waals surface area contributed by atoms with Crippen LogP contribution in [0.3, 0.4) is 0 Å². The average molecular weight is 442 g/mol. The number of fused-ring (bicyclic) bond motifs is 1. The summed E-state index contributed by atoms with van der Waals surface area (Å²) in [4.78, 5) is 29.1. The summed E-state index contributed by atoms with van der Waals surface area (Å²) < 4.78 is 23.0. The molecule has 1 saturated carbocycles. The maximum atomic E-state index is 13.8. The van der Waals surface area contributed by atoms with Crippen molar-refractivity contribution in [2.75, 3.05) is 27.4 Å². The lowest BCUT2D eigenvalue weighted by Crippen LogP contribution is -2.41. The monoisotopic (exact) mass is 441 g/mol. The van der Waals surface area contributed by atoms with E-state index in [1.165, 1.54) is 0 Å². The van der Waals surface area contributed by atoms with Crippen molar-refractivity contribution in [3.8, 4) is 11.5 Å². The van der Waals surface area contributed by atoms with E-state index in [2.05, 4.69) is 6.92 Å². The van der Waals surface area contributed by atoms with Gasteiger partial charge in [-0.15, -0.1) is 0 Å². The predicted octanol–water partition coefficient (Wildman–Crippen LogP) is 3.42. The minimum atomic E-state index is -0.507. The van der Waals surface area contributed by atoms with Gasteiger partial charge in [0.1, 0.15) is 6.10 Å². The molecule has 3 aliphatic heterocycles. The Morgan fingerprint density at radius 1 is 1.09 bits per heavy atom. The van der Waals surface area contributed by atoms with Gasteiger partial charge in [-0.05, 0) is 55.7 Å². The molecule has 7 heteroatoms. The fourth-order valence-electron chi connectivity index (χ4n) is 5.69. The number of nitrogens with zero attached hydrogens (tertiary/aromatic N) is 1. The highest BCUT2D eigenvalue weighted by molar-refractivity contribution is 6.11.